The molecule has 2 aromatic heterocycles. The van der Waals surface area contributed by atoms with Crippen LogP contribution in [-0.4, -0.2) is 38.9 Å². The van der Waals surface area contributed by atoms with Crippen LogP contribution < -0.4 is 15.8 Å². The molecular weight excluding hydrogens is 405 g/mol. The summed E-state index contributed by atoms with van der Waals surface area (Å²) in [6.07, 6.45) is -4.09. The number of alkyl halides is 3. The number of nitrogens with one attached hydrogen (secondary N) is 1. The molecule has 0 aliphatic heterocycles. The van der Waals surface area contributed by atoms with E-state index in [2.05, 4.69) is 20.6 Å². The van der Waals surface area contributed by atoms with Crippen molar-refractivity contribution in [3.05, 3.63) is 59.4 Å². The lowest BCUT2D eigenvalue weighted by Gasteiger charge is -2.12. The van der Waals surface area contributed by atoms with Crippen LogP contribution in [0, 0.1) is 0 Å². The highest BCUT2D eigenvalue weighted by Gasteiger charge is 2.41. The van der Waals surface area contributed by atoms with E-state index in [-0.39, 0.29) is 23.8 Å². The number of rotatable bonds is 6. The molecule has 0 saturated carbocycles. The van der Waals surface area contributed by atoms with Gasteiger partial charge in [0.1, 0.15) is 0 Å². The van der Waals surface area contributed by atoms with Crippen LogP contribution in [0.2, 0.25) is 0 Å². The fourth-order valence-corrected chi connectivity index (χ4v) is 2.60. The van der Waals surface area contributed by atoms with E-state index >= 15 is 0 Å². The summed E-state index contributed by atoms with van der Waals surface area (Å²) in [6, 6.07) is 8.50. The maximum atomic E-state index is 13.7. The molecule has 0 unspecified atom stereocenters. The summed E-state index contributed by atoms with van der Waals surface area (Å²) in [6.45, 7) is 0. The first-order valence-electron chi connectivity index (χ1n) is 8.41. The Morgan fingerprint density at radius 2 is 1.83 bits per heavy atom. The van der Waals surface area contributed by atoms with E-state index in [4.69, 9.17) is 10.5 Å². The van der Waals surface area contributed by atoms with Crippen molar-refractivity contribution in [2.24, 2.45) is 5.73 Å². The van der Waals surface area contributed by atoms with Gasteiger partial charge in [-0.05, 0) is 23.8 Å². The Balaban J connectivity index is 1.90. The molecule has 3 rings (SSSR count). The molecule has 0 radical (unpaired) electrons. The van der Waals surface area contributed by atoms with Crippen molar-refractivity contribution in [1.29, 1.82) is 0 Å². The Kier molecular flexibility index (Phi) is 5.67. The van der Waals surface area contributed by atoms with Crippen LogP contribution in [0.5, 0.6) is 5.88 Å². The molecule has 1 aromatic carbocycles. The quantitative estimate of drug-likeness (QED) is 0.628. The van der Waals surface area contributed by atoms with Gasteiger partial charge < -0.3 is 15.8 Å². The van der Waals surface area contributed by atoms with Crippen molar-refractivity contribution in [3.8, 4) is 11.7 Å². The molecule has 0 aliphatic carbocycles. The first kappa shape index (κ1) is 20.8. The molecule has 3 N–H and O–H groups in total. The van der Waals surface area contributed by atoms with Crippen LogP contribution in [0.15, 0.2) is 42.6 Å². The number of hydrogen-bond donors (Lipinski definition) is 2. The fraction of sp³-hybridized carbons (Fsp3) is 0.167. The number of hydrogen-bond acceptors (Lipinski definition) is 6. The predicted molar refractivity (Wildman–Crippen MR) is 98.0 cm³/mol. The minimum Gasteiger partial charge on any atom is -0.480 e. The first-order valence-corrected chi connectivity index (χ1v) is 8.41. The zero-order chi connectivity index (χ0) is 21.9. The van der Waals surface area contributed by atoms with E-state index in [0.717, 1.165) is 6.20 Å². The van der Waals surface area contributed by atoms with Gasteiger partial charge in [0.15, 0.2) is 11.5 Å². The molecule has 2 heterocycles. The second-order valence-corrected chi connectivity index (χ2v) is 6.04. The third-order valence-corrected chi connectivity index (χ3v) is 3.92. The number of carbonyl (C=O) groups is 2. The van der Waals surface area contributed by atoms with E-state index in [1.807, 2.05) is 0 Å². The number of aromatic nitrogens is 4. The average molecular weight is 420 g/mol. The van der Waals surface area contributed by atoms with Crippen molar-refractivity contribution in [3.63, 3.8) is 0 Å². The number of ether oxygens (including phenoxy) is 1. The highest BCUT2D eigenvalue weighted by atomic mass is 19.4. The third kappa shape index (κ3) is 4.54. The molecule has 0 saturated heterocycles. The van der Waals surface area contributed by atoms with E-state index in [0.29, 0.717) is 10.2 Å². The second kappa shape index (κ2) is 8.19. The van der Waals surface area contributed by atoms with Crippen LogP contribution in [-0.2, 0) is 17.4 Å². The van der Waals surface area contributed by atoms with Gasteiger partial charge in [0, 0.05) is 11.8 Å². The number of halogens is 3. The van der Waals surface area contributed by atoms with Gasteiger partial charge in [0.05, 0.1) is 25.3 Å². The number of benzene rings is 1. The molecule has 9 nitrogen and oxygen atoms in total. The lowest BCUT2D eigenvalue weighted by Crippen LogP contribution is -2.21. The Labute approximate surface area is 167 Å². The molecule has 0 bridgehead atoms. The molecule has 156 valence electrons. The number of methoxy groups -OCH3 is 1. The molecule has 3 aromatic rings. The van der Waals surface area contributed by atoms with Crippen LogP contribution >= 0.6 is 0 Å². The standard InChI is InChI=1S/C18H15F3N6O3/c1-30-15-7-6-14(25-26-15)27-16(18(19,20)21)12(9-23-27)17(29)24-11-4-2-10(3-5-11)8-13(22)28/h2-7,9H,8H2,1H3,(H2,22,28)(H,24,29). The van der Waals surface area contributed by atoms with Gasteiger partial charge in [-0.2, -0.15) is 18.3 Å². The summed E-state index contributed by atoms with van der Waals surface area (Å²) in [7, 11) is 1.33. The summed E-state index contributed by atoms with van der Waals surface area (Å²) < 4.78 is 46.4. The molecule has 2 amide bonds. The first-order chi connectivity index (χ1) is 14.2. The van der Waals surface area contributed by atoms with Gasteiger partial charge >= 0.3 is 6.18 Å². The van der Waals surface area contributed by atoms with Crippen LogP contribution in [0.25, 0.3) is 5.82 Å². The summed E-state index contributed by atoms with van der Waals surface area (Å²) >= 11 is 0. The second-order valence-electron chi connectivity index (χ2n) is 6.04. The normalized spacial score (nSPS) is 11.2. The van der Waals surface area contributed by atoms with E-state index < -0.39 is 29.2 Å². The maximum Gasteiger partial charge on any atom is 0.434 e. The highest BCUT2D eigenvalue weighted by Crippen LogP contribution is 2.33. The summed E-state index contributed by atoms with van der Waals surface area (Å²) in [4.78, 5) is 23.4. The predicted octanol–water partition coefficient (Wildman–Crippen LogP) is 1.97. The van der Waals surface area contributed by atoms with Crippen molar-refractivity contribution >= 4 is 17.5 Å². The molecule has 0 fully saturated rings. The van der Waals surface area contributed by atoms with Gasteiger partial charge in [-0.1, -0.05) is 12.1 Å². The third-order valence-electron chi connectivity index (χ3n) is 3.92. The molecular formula is C18H15F3N6O3. The number of primary amides is 1. The summed E-state index contributed by atoms with van der Waals surface area (Å²) in [5.41, 5.74) is 3.94. The van der Waals surface area contributed by atoms with Gasteiger partial charge in [-0.3, -0.25) is 9.59 Å². The van der Waals surface area contributed by atoms with Crippen LogP contribution in [0.1, 0.15) is 21.6 Å². The molecule has 30 heavy (non-hydrogen) atoms. The van der Waals surface area contributed by atoms with Crippen molar-refractivity contribution in [2.45, 2.75) is 12.6 Å². The Morgan fingerprint density at radius 3 is 2.37 bits per heavy atom. The maximum absolute atomic E-state index is 13.7. The van der Waals surface area contributed by atoms with E-state index in [9.17, 15) is 22.8 Å². The van der Waals surface area contributed by atoms with E-state index in [1.54, 1.807) is 0 Å². The van der Waals surface area contributed by atoms with E-state index in [1.165, 1.54) is 43.5 Å². The minimum absolute atomic E-state index is 0.00210. The molecule has 0 atom stereocenters. The Morgan fingerprint density at radius 1 is 1.13 bits per heavy atom. The lowest BCUT2D eigenvalue weighted by molar-refractivity contribution is -0.143. The molecule has 0 spiro atoms. The summed E-state index contributed by atoms with van der Waals surface area (Å²) in [5, 5.41) is 13.3. The minimum atomic E-state index is -4.89. The number of anilines is 1. The zero-order valence-electron chi connectivity index (χ0n) is 15.5. The fourth-order valence-electron chi connectivity index (χ4n) is 2.60. The zero-order valence-corrected chi connectivity index (χ0v) is 15.5. The smallest absolute Gasteiger partial charge is 0.434 e. The van der Waals surface area contributed by atoms with Gasteiger partial charge in [0.2, 0.25) is 11.8 Å². The molecule has 0 aliphatic rings. The average Bonchev–Trinajstić information content (AvgIpc) is 3.15. The monoisotopic (exact) mass is 420 g/mol. The number of carbonyl (C=O) groups excluding carboxylic acids is 2. The van der Waals surface area contributed by atoms with Gasteiger partial charge in [-0.15, -0.1) is 10.2 Å². The van der Waals surface area contributed by atoms with Crippen molar-refractivity contribution in [2.75, 3.05) is 12.4 Å². The lowest BCUT2D eigenvalue weighted by atomic mass is 10.1. The summed E-state index contributed by atoms with van der Waals surface area (Å²) in [5.74, 6) is -1.68. The highest BCUT2D eigenvalue weighted by molar-refractivity contribution is 6.05. The largest absolute Gasteiger partial charge is 0.480 e. The number of nitrogens with zero attached hydrogens (tertiary/aromatic N) is 4. The topological polar surface area (TPSA) is 125 Å². The Bertz CT molecular complexity index is 1060. The van der Waals surface area contributed by atoms with Crippen molar-refractivity contribution in [1.82, 2.24) is 20.0 Å². The number of amides is 2. The molecule has 12 heteroatoms. The van der Waals surface area contributed by atoms with Crippen LogP contribution in [0.3, 0.4) is 0 Å². The Hall–Kier alpha value is -3.96. The van der Waals surface area contributed by atoms with Gasteiger partial charge in [-0.25, -0.2) is 4.68 Å². The van der Waals surface area contributed by atoms with Crippen molar-refractivity contribution < 1.29 is 27.5 Å². The van der Waals surface area contributed by atoms with Gasteiger partial charge in [0.25, 0.3) is 5.91 Å². The number of nitrogens with two attached hydrogens (primary N) is 1. The SMILES string of the molecule is COc1ccc(-n2ncc(C(=O)Nc3ccc(CC(N)=O)cc3)c2C(F)(F)F)nn1. The van der Waals surface area contributed by atoms with Crippen LogP contribution in [0.4, 0.5) is 18.9 Å².